The first-order valence-electron chi connectivity index (χ1n) is 9.12. The average Bonchev–Trinajstić information content (AvgIpc) is 3.49. The van der Waals surface area contributed by atoms with Crippen molar-refractivity contribution in [3.8, 4) is 0 Å². The highest BCUT2D eigenvalue weighted by molar-refractivity contribution is 5.97. The fourth-order valence-corrected chi connectivity index (χ4v) is 2.76. The number of hydrogen-bond acceptors (Lipinski definition) is 3. The van der Waals surface area contributed by atoms with Gasteiger partial charge >= 0.3 is 0 Å². The van der Waals surface area contributed by atoms with E-state index in [9.17, 15) is 18.8 Å². The first-order valence-corrected chi connectivity index (χ1v) is 9.12. The molecule has 3 N–H and O–H groups in total. The summed E-state index contributed by atoms with van der Waals surface area (Å²) in [5, 5.41) is 8.07. The van der Waals surface area contributed by atoms with Crippen molar-refractivity contribution < 1.29 is 18.8 Å². The van der Waals surface area contributed by atoms with Gasteiger partial charge in [-0.3, -0.25) is 14.4 Å². The van der Waals surface area contributed by atoms with Crippen LogP contribution in [-0.2, 0) is 9.59 Å². The predicted molar refractivity (Wildman–Crippen MR) is 104 cm³/mol. The Morgan fingerprint density at radius 2 is 1.71 bits per heavy atom. The minimum Gasteiger partial charge on any atom is -0.346 e. The summed E-state index contributed by atoms with van der Waals surface area (Å²) < 4.78 is 13.7. The van der Waals surface area contributed by atoms with E-state index in [0.29, 0.717) is 0 Å². The van der Waals surface area contributed by atoms with E-state index in [4.69, 9.17) is 0 Å². The van der Waals surface area contributed by atoms with Crippen molar-refractivity contribution in [1.82, 2.24) is 5.32 Å². The normalized spacial score (nSPS) is 14.1. The van der Waals surface area contributed by atoms with Gasteiger partial charge in [-0.25, -0.2) is 4.39 Å². The highest BCUT2D eigenvalue weighted by atomic mass is 19.1. The van der Waals surface area contributed by atoms with E-state index < -0.39 is 11.7 Å². The van der Waals surface area contributed by atoms with E-state index in [1.165, 1.54) is 19.1 Å². The van der Waals surface area contributed by atoms with E-state index in [1.807, 2.05) is 19.1 Å². The van der Waals surface area contributed by atoms with E-state index in [-0.39, 0.29) is 35.0 Å². The number of benzene rings is 2. The molecule has 2 aromatic rings. The second-order valence-electron chi connectivity index (χ2n) is 6.96. The summed E-state index contributed by atoms with van der Waals surface area (Å²) in [4.78, 5) is 35.4. The molecule has 3 rings (SSSR count). The number of nitrogens with one attached hydrogen (secondary N) is 3. The van der Waals surface area contributed by atoms with Crippen LogP contribution in [0.5, 0.6) is 0 Å². The Morgan fingerprint density at radius 1 is 1.04 bits per heavy atom. The Labute approximate surface area is 162 Å². The molecule has 1 aliphatic rings. The molecule has 1 aliphatic carbocycles. The zero-order valence-corrected chi connectivity index (χ0v) is 15.7. The van der Waals surface area contributed by atoms with Gasteiger partial charge in [0.2, 0.25) is 11.8 Å². The molecule has 1 atom stereocenters. The van der Waals surface area contributed by atoms with Gasteiger partial charge in [-0.2, -0.15) is 0 Å². The average molecular weight is 383 g/mol. The van der Waals surface area contributed by atoms with Gasteiger partial charge in [0.15, 0.2) is 0 Å². The van der Waals surface area contributed by atoms with Crippen LogP contribution in [0.1, 0.15) is 48.7 Å². The lowest BCUT2D eigenvalue weighted by molar-refractivity contribution is -0.117. The van der Waals surface area contributed by atoms with Crippen molar-refractivity contribution in [2.45, 2.75) is 32.7 Å². The van der Waals surface area contributed by atoms with Crippen molar-refractivity contribution in [2.75, 3.05) is 10.6 Å². The van der Waals surface area contributed by atoms with Crippen molar-refractivity contribution in [1.29, 1.82) is 0 Å². The van der Waals surface area contributed by atoms with E-state index in [2.05, 4.69) is 16.0 Å². The lowest BCUT2D eigenvalue weighted by atomic mass is 10.1. The van der Waals surface area contributed by atoms with Gasteiger partial charge in [0, 0.05) is 24.1 Å². The number of rotatable bonds is 6. The van der Waals surface area contributed by atoms with Crippen LogP contribution < -0.4 is 16.0 Å². The Balaban J connectivity index is 1.63. The smallest absolute Gasteiger partial charge is 0.251 e. The Morgan fingerprint density at radius 3 is 2.32 bits per heavy atom. The number of hydrogen-bond donors (Lipinski definition) is 3. The molecule has 0 radical (unpaired) electrons. The molecule has 0 aliphatic heterocycles. The molecule has 3 amide bonds. The van der Waals surface area contributed by atoms with Crippen LogP contribution in [-0.4, -0.2) is 17.7 Å². The van der Waals surface area contributed by atoms with E-state index in [1.54, 1.807) is 12.1 Å². The molecule has 28 heavy (non-hydrogen) atoms. The highest BCUT2D eigenvalue weighted by Crippen LogP contribution is 2.30. The van der Waals surface area contributed by atoms with Crippen LogP contribution in [0, 0.1) is 11.7 Å². The highest BCUT2D eigenvalue weighted by Gasteiger charge is 2.29. The van der Waals surface area contributed by atoms with Crippen molar-refractivity contribution in [3.63, 3.8) is 0 Å². The minimum absolute atomic E-state index is 0.0384. The minimum atomic E-state index is -0.608. The summed E-state index contributed by atoms with van der Waals surface area (Å²) in [6.45, 7) is 3.10. The Hall–Kier alpha value is -3.22. The zero-order chi connectivity index (χ0) is 20.3. The largest absolute Gasteiger partial charge is 0.346 e. The van der Waals surface area contributed by atoms with Gasteiger partial charge in [0.05, 0.1) is 11.7 Å². The molecule has 0 bridgehead atoms. The molecule has 0 spiro atoms. The number of anilines is 2. The zero-order valence-electron chi connectivity index (χ0n) is 15.7. The third-order valence-corrected chi connectivity index (χ3v) is 4.51. The second kappa shape index (κ2) is 8.21. The van der Waals surface area contributed by atoms with Crippen molar-refractivity contribution >= 4 is 29.1 Å². The molecule has 0 saturated heterocycles. The summed E-state index contributed by atoms with van der Waals surface area (Å²) in [6.07, 6.45) is 1.89. The summed E-state index contributed by atoms with van der Waals surface area (Å²) in [6, 6.07) is 10.8. The third-order valence-electron chi connectivity index (χ3n) is 4.51. The number of carbonyl (C=O) groups excluding carboxylic acids is 3. The molecule has 1 saturated carbocycles. The Bertz CT molecular complexity index is 908. The molecule has 1 fully saturated rings. The van der Waals surface area contributed by atoms with Gasteiger partial charge in [-0.15, -0.1) is 0 Å². The molecular weight excluding hydrogens is 361 g/mol. The fourth-order valence-electron chi connectivity index (χ4n) is 2.76. The van der Waals surface area contributed by atoms with Crippen molar-refractivity contribution in [2.24, 2.45) is 5.92 Å². The quantitative estimate of drug-likeness (QED) is 0.712. The predicted octanol–water partition coefficient (Wildman–Crippen LogP) is 3.62. The maximum absolute atomic E-state index is 13.7. The lowest BCUT2D eigenvalue weighted by Gasteiger charge is -2.16. The molecule has 0 heterocycles. The maximum Gasteiger partial charge on any atom is 0.251 e. The summed E-state index contributed by atoms with van der Waals surface area (Å²) in [5.41, 5.74) is 1.79. The van der Waals surface area contributed by atoms with Gasteiger partial charge in [-0.1, -0.05) is 12.1 Å². The summed E-state index contributed by atoms with van der Waals surface area (Å²) in [7, 11) is 0. The van der Waals surface area contributed by atoms with Crippen LogP contribution >= 0.6 is 0 Å². The molecule has 2 aromatic carbocycles. The molecule has 0 aromatic heterocycles. The van der Waals surface area contributed by atoms with Gasteiger partial charge in [0.1, 0.15) is 5.82 Å². The van der Waals surface area contributed by atoms with E-state index >= 15 is 0 Å². The van der Waals surface area contributed by atoms with Crippen LogP contribution in [0.25, 0.3) is 0 Å². The fraction of sp³-hybridized carbons (Fsp3) is 0.286. The van der Waals surface area contributed by atoms with Crippen LogP contribution in [0.4, 0.5) is 15.8 Å². The van der Waals surface area contributed by atoms with Gasteiger partial charge in [-0.05, 0) is 55.7 Å². The summed E-state index contributed by atoms with van der Waals surface area (Å²) >= 11 is 0. The van der Waals surface area contributed by atoms with Crippen molar-refractivity contribution in [3.05, 3.63) is 59.4 Å². The van der Waals surface area contributed by atoms with Crippen LogP contribution in [0.3, 0.4) is 0 Å². The number of carbonyl (C=O) groups is 3. The monoisotopic (exact) mass is 383 g/mol. The van der Waals surface area contributed by atoms with E-state index in [0.717, 1.165) is 30.2 Å². The molecule has 7 heteroatoms. The second-order valence-corrected chi connectivity index (χ2v) is 6.96. The van der Waals surface area contributed by atoms with Crippen LogP contribution in [0.15, 0.2) is 42.5 Å². The molecular formula is C21H22FN3O3. The first kappa shape index (κ1) is 19.5. The number of amides is 3. The standard InChI is InChI=1S/C21H22FN3O3/c1-12(14-5-8-17(9-6-14)25-20(27)15-3-4-15)23-21(28)16-7-10-18(22)19(11-16)24-13(2)26/h5-12,15H,3-4H2,1-2H3,(H,23,28)(H,24,26)(H,25,27). The third kappa shape index (κ3) is 4.94. The van der Waals surface area contributed by atoms with Crippen LogP contribution in [0.2, 0.25) is 0 Å². The first-order chi connectivity index (χ1) is 13.3. The van der Waals surface area contributed by atoms with Gasteiger partial charge in [0.25, 0.3) is 5.91 Å². The lowest BCUT2D eigenvalue weighted by Crippen LogP contribution is -2.26. The SMILES string of the molecule is CC(=O)Nc1cc(C(=O)NC(C)c2ccc(NC(=O)C3CC3)cc2)ccc1F. The molecule has 6 nitrogen and oxygen atoms in total. The Kier molecular flexibility index (Phi) is 5.73. The maximum atomic E-state index is 13.7. The molecule has 146 valence electrons. The molecule has 1 unspecified atom stereocenters. The number of halogens is 1. The van der Waals surface area contributed by atoms with Gasteiger partial charge < -0.3 is 16.0 Å². The summed E-state index contributed by atoms with van der Waals surface area (Å²) in [5.74, 6) is -1.23. The topological polar surface area (TPSA) is 87.3 Å².